The van der Waals surface area contributed by atoms with Gasteiger partial charge in [-0.3, -0.25) is 19.5 Å². The van der Waals surface area contributed by atoms with Crippen LogP contribution in [0.2, 0.25) is 0 Å². The first-order valence-corrected chi connectivity index (χ1v) is 9.08. The molecule has 0 radical (unpaired) electrons. The van der Waals surface area contributed by atoms with E-state index in [-0.39, 0.29) is 12.6 Å². The molecule has 1 aromatic heterocycles. The van der Waals surface area contributed by atoms with E-state index >= 15 is 0 Å². The fourth-order valence-electron chi connectivity index (χ4n) is 3.65. The Kier molecular flexibility index (Phi) is 4.46. The molecule has 28 heavy (non-hydrogen) atoms. The van der Waals surface area contributed by atoms with Gasteiger partial charge in [0.2, 0.25) is 5.91 Å². The van der Waals surface area contributed by atoms with Gasteiger partial charge < -0.3 is 15.4 Å². The number of amides is 4. The summed E-state index contributed by atoms with van der Waals surface area (Å²) in [7, 11) is 0. The highest BCUT2D eigenvalue weighted by Crippen LogP contribution is 2.40. The molecule has 1 saturated heterocycles. The summed E-state index contributed by atoms with van der Waals surface area (Å²) < 4.78 is 5.60. The van der Waals surface area contributed by atoms with Crippen molar-refractivity contribution in [3.63, 3.8) is 0 Å². The standard InChI is InChI=1S/C20H20N4O4/c1-13(15-7-4-5-10-21-15)22-17(25)12-24-18(26)20(23-19(24)27)9-11-28-16-8-3-2-6-14(16)20/h2-8,10,13H,9,11-12H2,1H3,(H,22,25)(H,23,27)/t13-,20+/m1/s1. The highest BCUT2D eigenvalue weighted by atomic mass is 16.5. The number of carbonyl (C=O) groups excluding carboxylic acids is 3. The number of benzene rings is 1. The molecule has 144 valence electrons. The van der Waals surface area contributed by atoms with Crippen LogP contribution in [0.3, 0.4) is 0 Å². The third-order valence-corrected chi connectivity index (χ3v) is 5.07. The molecule has 2 aliphatic rings. The van der Waals surface area contributed by atoms with Gasteiger partial charge in [-0.2, -0.15) is 0 Å². The molecule has 1 aromatic carbocycles. The molecule has 1 fully saturated rings. The molecule has 8 heteroatoms. The summed E-state index contributed by atoms with van der Waals surface area (Å²) in [6.07, 6.45) is 1.96. The second kappa shape index (κ2) is 6.95. The van der Waals surface area contributed by atoms with Crippen LogP contribution in [0, 0.1) is 0 Å². The minimum absolute atomic E-state index is 0.305. The number of nitrogens with zero attached hydrogens (tertiary/aromatic N) is 2. The Morgan fingerprint density at radius 2 is 2.07 bits per heavy atom. The summed E-state index contributed by atoms with van der Waals surface area (Å²) in [5.41, 5.74) is 0.131. The zero-order chi connectivity index (χ0) is 19.7. The molecule has 4 amide bonds. The zero-order valence-corrected chi connectivity index (χ0v) is 15.3. The van der Waals surface area contributed by atoms with Crippen LogP contribution < -0.4 is 15.4 Å². The first-order chi connectivity index (χ1) is 13.5. The van der Waals surface area contributed by atoms with Crippen molar-refractivity contribution in [2.45, 2.75) is 24.9 Å². The summed E-state index contributed by atoms with van der Waals surface area (Å²) in [5, 5.41) is 5.56. The van der Waals surface area contributed by atoms with Crippen LogP contribution in [0.4, 0.5) is 4.79 Å². The lowest BCUT2D eigenvalue weighted by atomic mass is 9.84. The van der Waals surface area contributed by atoms with Gasteiger partial charge in [0, 0.05) is 18.2 Å². The van der Waals surface area contributed by atoms with Crippen LogP contribution in [0.1, 0.15) is 30.6 Å². The third-order valence-electron chi connectivity index (χ3n) is 5.07. The maximum absolute atomic E-state index is 13.1. The van der Waals surface area contributed by atoms with Crippen LogP contribution in [0.15, 0.2) is 48.7 Å². The number of rotatable bonds is 4. The fourth-order valence-corrected chi connectivity index (χ4v) is 3.65. The van der Waals surface area contributed by atoms with Gasteiger partial charge in [0.1, 0.15) is 12.3 Å². The molecule has 0 saturated carbocycles. The number of urea groups is 1. The number of carbonyl (C=O) groups is 3. The van der Waals surface area contributed by atoms with E-state index in [2.05, 4.69) is 15.6 Å². The number of ether oxygens (including phenoxy) is 1. The first-order valence-electron chi connectivity index (χ1n) is 9.08. The average molecular weight is 380 g/mol. The van der Waals surface area contributed by atoms with E-state index in [1.807, 2.05) is 12.1 Å². The molecule has 8 nitrogen and oxygen atoms in total. The van der Waals surface area contributed by atoms with Gasteiger partial charge in [-0.05, 0) is 25.1 Å². The zero-order valence-electron chi connectivity index (χ0n) is 15.3. The van der Waals surface area contributed by atoms with Gasteiger partial charge in [0.15, 0.2) is 5.54 Å². The maximum atomic E-state index is 13.1. The van der Waals surface area contributed by atoms with Crippen molar-refractivity contribution in [3.8, 4) is 5.75 Å². The van der Waals surface area contributed by atoms with E-state index in [0.29, 0.717) is 30.0 Å². The number of hydrogen-bond acceptors (Lipinski definition) is 5. The van der Waals surface area contributed by atoms with Gasteiger partial charge in [-0.25, -0.2) is 4.79 Å². The second-order valence-corrected chi connectivity index (χ2v) is 6.87. The van der Waals surface area contributed by atoms with Crippen LogP contribution in [-0.4, -0.2) is 40.9 Å². The molecular formula is C20H20N4O4. The topological polar surface area (TPSA) is 101 Å². The second-order valence-electron chi connectivity index (χ2n) is 6.87. The molecule has 4 rings (SSSR count). The minimum Gasteiger partial charge on any atom is -0.493 e. The largest absolute Gasteiger partial charge is 0.493 e. The molecular weight excluding hydrogens is 360 g/mol. The van der Waals surface area contributed by atoms with Crippen molar-refractivity contribution in [2.75, 3.05) is 13.2 Å². The molecule has 2 N–H and O–H groups in total. The first kappa shape index (κ1) is 18.0. The Bertz CT molecular complexity index is 933. The monoisotopic (exact) mass is 380 g/mol. The average Bonchev–Trinajstić information content (AvgIpc) is 2.94. The van der Waals surface area contributed by atoms with Gasteiger partial charge >= 0.3 is 6.03 Å². The van der Waals surface area contributed by atoms with Gasteiger partial charge in [0.05, 0.1) is 18.3 Å². The van der Waals surface area contributed by atoms with Crippen molar-refractivity contribution < 1.29 is 19.1 Å². The molecule has 2 atom stereocenters. The lowest BCUT2D eigenvalue weighted by Crippen LogP contribution is -2.48. The lowest BCUT2D eigenvalue weighted by molar-refractivity contribution is -0.136. The smallest absolute Gasteiger partial charge is 0.325 e. The molecule has 0 aliphatic carbocycles. The van der Waals surface area contributed by atoms with E-state index < -0.39 is 23.4 Å². The summed E-state index contributed by atoms with van der Waals surface area (Å²) in [6, 6.07) is 11.6. The van der Waals surface area contributed by atoms with E-state index in [1.165, 1.54) is 0 Å². The highest BCUT2D eigenvalue weighted by Gasteiger charge is 2.55. The Balaban J connectivity index is 1.50. The SMILES string of the molecule is C[C@@H](NC(=O)CN1C(=O)N[C@]2(CCOc3ccccc32)C1=O)c1ccccn1. The quantitative estimate of drug-likeness (QED) is 0.783. The maximum Gasteiger partial charge on any atom is 0.325 e. The van der Waals surface area contributed by atoms with Crippen LogP contribution >= 0.6 is 0 Å². The van der Waals surface area contributed by atoms with Gasteiger partial charge in [-0.15, -0.1) is 0 Å². The van der Waals surface area contributed by atoms with Gasteiger partial charge in [-0.1, -0.05) is 24.3 Å². The van der Waals surface area contributed by atoms with Crippen LogP contribution in [0.25, 0.3) is 0 Å². The van der Waals surface area contributed by atoms with E-state index in [1.54, 1.807) is 43.5 Å². The van der Waals surface area contributed by atoms with Crippen LogP contribution in [0.5, 0.6) is 5.75 Å². The lowest BCUT2D eigenvalue weighted by Gasteiger charge is -2.33. The van der Waals surface area contributed by atoms with Crippen molar-refractivity contribution in [2.24, 2.45) is 0 Å². The number of nitrogens with one attached hydrogen (secondary N) is 2. The van der Waals surface area contributed by atoms with E-state index in [0.717, 1.165) is 4.90 Å². The van der Waals surface area contributed by atoms with E-state index in [4.69, 9.17) is 4.74 Å². The van der Waals surface area contributed by atoms with Crippen LogP contribution in [-0.2, 0) is 15.1 Å². The minimum atomic E-state index is -1.18. The van der Waals surface area contributed by atoms with Crippen molar-refractivity contribution in [3.05, 3.63) is 59.9 Å². The summed E-state index contributed by atoms with van der Waals surface area (Å²) >= 11 is 0. The van der Waals surface area contributed by atoms with Gasteiger partial charge in [0.25, 0.3) is 5.91 Å². The van der Waals surface area contributed by atoms with Crippen molar-refractivity contribution in [1.82, 2.24) is 20.5 Å². The fraction of sp³-hybridized carbons (Fsp3) is 0.300. The Hall–Kier alpha value is -3.42. The molecule has 1 spiro atoms. The number of para-hydroxylation sites is 1. The molecule has 3 heterocycles. The Morgan fingerprint density at radius 1 is 1.29 bits per heavy atom. The van der Waals surface area contributed by atoms with Crippen molar-refractivity contribution >= 4 is 17.8 Å². The highest BCUT2D eigenvalue weighted by molar-refractivity contribution is 6.09. The normalized spacial score (nSPS) is 21.7. The number of aromatic nitrogens is 1. The molecule has 0 bridgehead atoms. The third kappa shape index (κ3) is 2.96. The predicted molar refractivity (Wildman–Crippen MR) is 99.3 cm³/mol. The Morgan fingerprint density at radius 3 is 2.86 bits per heavy atom. The number of hydrogen-bond donors (Lipinski definition) is 2. The number of imide groups is 1. The predicted octanol–water partition coefficient (Wildman–Crippen LogP) is 1.49. The molecule has 2 aromatic rings. The number of fused-ring (bicyclic) bond motifs is 2. The number of pyridine rings is 1. The summed E-state index contributed by atoms with van der Waals surface area (Å²) in [4.78, 5) is 43.3. The summed E-state index contributed by atoms with van der Waals surface area (Å²) in [5.74, 6) is -0.301. The summed E-state index contributed by atoms with van der Waals surface area (Å²) in [6.45, 7) is 1.74. The van der Waals surface area contributed by atoms with E-state index in [9.17, 15) is 14.4 Å². The molecule has 2 aliphatic heterocycles. The molecule has 0 unspecified atom stereocenters. The van der Waals surface area contributed by atoms with Crippen molar-refractivity contribution in [1.29, 1.82) is 0 Å². The Labute approximate surface area is 161 Å².